The summed E-state index contributed by atoms with van der Waals surface area (Å²) in [6.45, 7) is 10.1. The fourth-order valence-electron chi connectivity index (χ4n) is 3.22. The molecule has 0 aliphatic heterocycles. The first-order valence-corrected chi connectivity index (χ1v) is 10.5. The van der Waals surface area contributed by atoms with Gasteiger partial charge in [-0.2, -0.15) is 0 Å². The van der Waals surface area contributed by atoms with Crippen LogP contribution in [0.2, 0.25) is 0 Å². The van der Waals surface area contributed by atoms with Crippen molar-refractivity contribution in [1.29, 1.82) is 0 Å². The third kappa shape index (κ3) is 7.14. The van der Waals surface area contributed by atoms with Gasteiger partial charge in [0.2, 0.25) is 11.8 Å². The van der Waals surface area contributed by atoms with E-state index >= 15 is 0 Å². The summed E-state index contributed by atoms with van der Waals surface area (Å²) in [7, 11) is 0. The molecule has 1 aliphatic carbocycles. The first-order valence-electron chi connectivity index (χ1n) is 10.5. The third-order valence-electron chi connectivity index (χ3n) is 4.88. The van der Waals surface area contributed by atoms with Crippen molar-refractivity contribution in [2.75, 3.05) is 6.54 Å². The summed E-state index contributed by atoms with van der Waals surface area (Å²) < 4.78 is 12.0. The smallest absolute Gasteiger partial charge is 0.218 e. The topological polar surface area (TPSA) is 84.6 Å². The Kier molecular flexibility index (Phi) is 9.38. The Balaban J connectivity index is 0.00000320. The lowest BCUT2D eigenvalue weighted by Gasteiger charge is -2.15. The average molecular weight is 527 g/mol. The molecule has 166 valence electrons. The van der Waals surface area contributed by atoms with Crippen LogP contribution in [0, 0.1) is 0 Å². The van der Waals surface area contributed by atoms with E-state index in [1.54, 1.807) is 12.4 Å². The number of guanidine groups is 1. The van der Waals surface area contributed by atoms with Crippen LogP contribution in [0.3, 0.4) is 0 Å². The third-order valence-corrected chi connectivity index (χ3v) is 4.88. The summed E-state index contributed by atoms with van der Waals surface area (Å²) in [5, 5.41) is 6.55. The van der Waals surface area contributed by atoms with Gasteiger partial charge >= 0.3 is 0 Å². The van der Waals surface area contributed by atoms with Crippen LogP contribution in [-0.2, 0) is 18.5 Å². The summed E-state index contributed by atoms with van der Waals surface area (Å²) in [5.41, 5.74) is 0.933. The summed E-state index contributed by atoms with van der Waals surface area (Å²) in [6.07, 6.45) is 8.53. The number of nitrogens with zero attached hydrogens (tertiary/aromatic N) is 3. The van der Waals surface area contributed by atoms with E-state index in [4.69, 9.17) is 14.1 Å². The number of halogens is 1. The minimum absolute atomic E-state index is 0. The number of hydrogen-bond donors (Lipinski definition) is 2. The van der Waals surface area contributed by atoms with E-state index in [0.717, 1.165) is 30.7 Å². The molecule has 0 bridgehead atoms. The zero-order chi connectivity index (χ0) is 20.7. The molecule has 2 heterocycles. The van der Waals surface area contributed by atoms with Crippen molar-refractivity contribution in [3.63, 3.8) is 0 Å². The number of aromatic nitrogens is 2. The van der Waals surface area contributed by atoms with Gasteiger partial charge in [-0.05, 0) is 38.7 Å². The Morgan fingerprint density at radius 2 is 2.00 bits per heavy atom. The molecule has 0 unspecified atom stereocenters. The Labute approximate surface area is 196 Å². The van der Waals surface area contributed by atoms with Crippen LogP contribution in [0.4, 0.5) is 0 Å². The molecule has 0 aromatic carbocycles. The van der Waals surface area contributed by atoms with Crippen molar-refractivity contribution in [3.8, 4) is 5.88 Å². The number of pyridine rings is 1. The first-order chi connectivity index (χ1) is 14.0. The monoisotopic (exact) mass is 527 g/mol. The summed E-state index contributed by atoms with van der Waals surface area (Å²) in [4.78, 5) is 13.5. The van der Waals surface area contributed by atoms with Crippen LogP contribution in [-0.4, -0.2) is 28.6 Å². The minimum atomic E-state index is -0.0557. The van der Waals surface area contributed by atoms with E-state index in [0.29, 0.717) is 30.8 Å². The van der Waals surface area contributed by atoms with Gasteiger partial charge in [-0.25, -0.2) is 15.0 Å². The lowest BCUT2D eigenvalue weighted by molar-refractivity contribution is 0.199. The highest BCUT2D eigenvalue weighted by Gasteiger charge is 2.20. The van der Waals surface area contributed by atoms with Crippen molar-refractivity contribution in [2.24, 2.45) is 4.99 Å². The maximum Gasteiger partial charge on any atom is 0.218 e. The van der Waals surface area contributed by atoms with E-state index in [1.807, 2.05) is 19.1 Å². The van der Waals surface area contributed by atoms with Gasteiger partial charge in [-0.15, -0.1) is 24.0 Å². The predicted molar refractivity (Wildman–Crippen MR) is 129 cm³/mol. The highest BCUT2D eigenvalue weighted by Crippen LogP contribution is 2.25. The molecule has 30 heavy (non-hydrogen) atoms. The van der Waals surface area contributed by atoms with Gasteiger partial charge in [0.1, 0.15) is 11.9 Å². The Hall–Kier alpha value is -1.84. The molecule has 1 aliphatic rings. The second kappa shape index (κ2) is 11.5. The number of hydrogen-bond acceptors (Lipinski definition) is 5. The van der Waals surface area contributed by atoms with Gasteiger partial charge in [0.25, 0.3) is 0 Å². The van der Waals surface area contributed by atoms with Crippen LogP contribution in [0.5, 0.6) is 5.88 Å². The molecule has 2 aromatic rings. The lowest BCUT2D eigenvalue weighted by atomic mass is 9.94. The van der Waals surface area contributed by atoms with Crippen LogP contribution in [0.1, 0.15) is 70.6 Å². The Morgan fingerprint density at radius 1 is 1.23 bits per heavy atom. The molecule has 7 nitrogen and oxygen atoms in total. The highest BCUT2D eigenvalue weighted by molar-refractivity contribution is 14.0. The minimum Gasteiger partial charge on any atom is -0.474 e. The standard InChI is InChI=1S/C22H33N5O2.HI/c1-5-23-21(27-15-19-25-14-18(29-19)22(2,3)4)26-13-16-9-8-12-24-20(16)28-17-10-6-7-11-17;/h8-9,12,14,17H,5-7,10-11,13,15H2,1-4H3,(H2,23,26,27);1H. The summed E-state index contributed by atoms with van der Waals surface area (Å²) >= 11 is 0. The Morgan fingerprint density at radius 3 is 2.67 bits per heavy atom. The quantitative estimate of drug-likeness (QED) is 0.312. The fourth-order valence-corrected chi connectivity index (χ4v) is 3.22. The van der Waals surface area contributed by atoms with Gasteiger partial charge in [0, 0.05) is 23.7 Å². The number of aliphatic imine (C=N–C) groups is 1. The second-order valence-electron chi connectivity index (χ2n) is 8.41. The molecule has 3 rings (SSSR count). The largest absolute Gasteiger partial charge is 0.474 e. The lowest BCUT2D eigenvalue weighted by Crippen LogP contribution is -2.36. The van der Waals surface area contributed by atoms with Gasteiger partial charge in [0.05, 0.1) is 19.3 Å². The average Bonchev–Trinajstić information content (AvgIpc) is 3.36. The molecule has 1 saturated carbocycles. The number of ether oxygens (including phenoxy) is 1. The van der Waals surface area contributed by atoms with Crippen LogP contribution in [0.15, 0.2) is 33.9 Å². The molecular weight excluding hydrogens is 493 g/mol. The van der Waals surface area contributed by atoms with Gasteiger partial charge in [0.15, 0.2) is 5.96 Å². The molecule has 0 radical (unpaired) electrons. The van der Waals surface area contributed by atoms with E-state index in [-0.39, 0.29) is 35.5 Å². The van der Waals surface area contributed by atoms with E-state index < -0.39 is 0 Å². The summed E-state index contributed by atoms with van der Waals surface area (Å²) in [5.74, 6) is 2.92. The molecule has 0 amide bonds. The van der Waals surface area contributed by atoms with Crippen molar-refractivity contribution in [1.82, 2.24) is 20.6 Å². The van der Waals surface area contributed by atoms with Crippen molar-refractivity contribution < 1.29 is 9.15 Å². The van der Waals surface area contributed by atoms with Crippen LogP contribution >= 0.6 is 24.0 Å². The molecule has 0 atom stereocenters. The van der Waals surface area contributed by atoms with E-state index in [1.165, 1.54) is 12.8 Å². The predicted octanol–water partition coefficient (Wildman–Crippen LogP) is 4.56. The van der Waals surface area contributed by atoms with Crippen molar-refractivity contribution >= 4 is 29.9 Å². The van der Waals surface area contributed by atoms with Crippen molar-refractivity contribution in [2.45, 2.75) is 78.0 Å². The van der Waals surface area contributed by atoms with Crippen molar-refractivity contribution in [3.05, 3.63) is 41.7 Å². The van der Waals surface area contributed by atoms with Gasteiger partial charge in [-0.3, -0.25) is 0 Å². The molecular formula is C22H34IN5O2. The Bertz CT molecular complexity index is 810. The van der Waals surface area contributed by atoms with Crippen LogP contribution in [0.25, 0.3) is 0 Å². The van der Waals surface area contributed by atoms with Gasteiger partial charge in [-0.1, -0.05) is 26.8 Å². The normalized spacial score (nSPS) is 15.0. The maximum absolute atomic E-state index is 6.12. The molecule has 2 aromatic heterocycles. The van der Waals surface area contributed by atoms with E-state index in [2.05, 4.69) is 41.4 Å². The molecule has 2 N–H and O–H groups in total. The fraction of sp³-hybridized carbons (Fsp3) is 0.591. The number of nitrogens with one attached hydrogen (secondary N) is 2. The zero-order valence-corrected chi connectivity index (χ0v) is 20.7. The molecule has 1 fully saturated rings. The summed E-state index contributed by atoms with van der Waals surface area (Å²) in [6, 6.07) is 3.95. The van der Waals surface area contributed by atoms with Gasteiger partial charge < -0.3 is 19.8 Å². The maximum atomic E-state index is 6.12. The molecule has 0 spiro atoms. The SMILES string of the molecule is CCNC(=NCc1cccnc1OC1CCCC1)NCc1ncc(C(C)(C)C)o1.I. The second-order valence-corrected chi connectivity index (χ2v) is 8.41. The zero-order valence-electron chi connectivity index (χ0n) is 18.4. The molecule has 8 heteroatoms. The van der Waals surface area contributed by atoms with E-state index in [9.17, 15) is 0 Å². The first kappa shape index (κ1) is 24.4. The highest BCUT2D eigenvalue weighted by atomic mass is 127. The molecule has 0 saturated heterocycles. The number of oxazole rings is 1. The number of rotatable bonds is 7. The van der Waals surface area contributed by atoms with Crippen LogP contribution < -0.4 is 15.4 Å².